The molecule has 0 aromatic heterocycles. The van der Waals surface area contributed by atoms with Crippen LogP contribution in [0.1, 0.15) is 33.6 Å². The monoisotopic (exact) mass is 262 g/mol. The topological polar surface area (TPSA) is 107 Å². The zero-order valence-electron chi connectivity index (χ0n) is 10.2. The van der Waals surface area contributed by atoms with Crippen LogP contribution in [-0.4, -0.2) is 30.8 Å². The van der Waals surface area contributed by atoms with Crippen LogP contribution in [-0.2, 0) is 14.8 Å². The van der Waals surface area contributed by atoms with E-state index in [0.717, 1.165) is 0 Å². The van der Waals surface area contributed by atoms with Crippen LogP contribution in [0.3, 0.4) is 0 Å². The van der Waals surface area contributed by atoms with Gasteiger partial charge in [-0.3, -0.25) is 4.79 Å². The molecule has 0 heterocycles. The van der Waals surface area contributed by atoms with Crippen molar-refractivity contribution >= 4 is 16.0 Å². The van der Waals surface area contributed by atoms with Crippen LogP contribution in [0, 0.1) is 17.2 Å². The average molecular weight is 262 g/mol. The molecule has 0 radical (unpaired) electrons. The fourth-order valence-corrected chi connectivity index (χ4v) is 2.67. The standard InChI is InChI=1S/C10H18N2O4S/c1-4-8(6-11)17(15,16)12-9(10(13)14)5-7(2)3/h7-9,12H,4-5H2,1-3H3,(H,13,14)/t8?,9-/m0/s1. The summed E-state index contributed by atoms with van der Waals surface area (Å²) in [4.78, 5) is 10.9. The van der Waals surface area contributed by atoms with Gasteiger partial charge in [0.2, 0.25) is 10.0 Å². The Hall–Kier alpha value is -1.13. The number of hydrogen-bond donors (Lipinski definition) is 2. The molecule has 0 aromatic rings. The number of aliphatic carboxylic acids is 1. The molecule has 2 atom stereocenters. The van der Waals surface area contributed by atoms with Crippen molar-refractivity contribution in [3.63, 3.8) is 0 Å². The Morgan fingerprint density at radius 3 is 2.29 bits per heavy atom. The molecule has 6 nitrogen and oxygen atoms in total. The highest BCUT2D eigenvalue weighted by atomic mass is 32.2. The van der Waals surface area contributed by atoms with E-state index >= 15 is 0 Å². The van der Waals surface area contributed by atoms with Gasteiger partial charge >= 0.3 is 5.97 Å². The molecule has 17 heavy (non-hydrogen) atoms. The third-order valence-electron chi connectivity index (χ3n) is 2.20. The molecule has 0 aliphatic carbocycles. The normalized spacial score (nSPS) is 15.2. The maximum atomic E-state index is 11.7. The predicted molar refractivity (Wildman–Crippen MR) is 62.6 cm³/mol. The molecular formula is C10H18N2O4S. The molecular weight excluding hydrogens is 244 g/mol. The predicted octanol–water partition coefficient (Wildman–Crippen LogP) is 0.707. The van der Waals surface area contributed by atoms with Gasteiger partial charge in [-0.1, -0.05) is 20.8 Å². The third-order valence-corrected chi connectivity index (χ3v) is 4.00. The molecule has 0 bridgehead atoms. The van der Waals surface area contributed by atoms with Gasteiger partial charge in [-0.2, -0.15) is 9.98 Å². The van der Waals surface area contributed by atoms with Gasteiger partial charge in [-0.15, -0.1) is 0 Å². The van der Waals surface area contributed by atoms with Gasteiger partial charge in [0.25, 0.3) is 0 Å². The van der Waals surface area contributed by atoms with Crippen molar-refractivity contribution in [3.8, 4) is 6.07 Å². The fourth-order valence-electron chi connectivity index (χ4n) is 1.33. The van der Waals surface area contributed by atoms with Gasteiger partial charge in [0.15, 0.2) is 5.25 Å². The Bertz CT molecular complexity index is 397. The SMILES string of the molecule is CCC(C#N)S(=O)(=O)N[C@@H](CC(C)C)C(=O)O. The van der Waals surface area contributed by atoms with Crippen molar-refractivity contribution in [2.45, 2.75) is 44.9 Å². The third kappa shape index (κ3) is 5.15. The fraction of sp³-hybridized carbons (Fsp3) is 0.800. The van der Waals surface area contributed by atoms with E-state index in [-0.39, 0.29) is 18.8 Å². The van der Waals surface area contributed by atoms with Crippen LogP contribution < -0.4 is 4.72 Å². The van der Waals surface area contributed by atoms with Crippen LogP contribution in [0.5, 0.6) is 0 Å². The number of carbonyl (C=O) groups is 1. The molecule has 0 saturated heterocycles. The van der Waals surface area contributed by atoms with Crippen LogP contribution in [0.25, 0.3) is 0 Å². The molecule has 0 aromatic carbocycles. The highest BCUT2D eigenvalue weighted by Gasteiger charge is 2.30. The van der Waals surface area contributed by atoms with E-state index in [0.29, 0.717) is 0 Å². The molecule has 0 aliphatic heterocycles. The largest absolute Gasteiger partial charge is 0.480 e. The maximum absolute atomic E-state index is 11.7. The Balaban J connectivity index is 4.88. The summed E-state index contributed by atoms with van der Waals surface area (Å²) in [7, 11) is -3.90. The van der Waals surface area contributed by atoms with Crippen molar-refractivity contribution < 1.29 is 18.3 Å². The number of carboxylic acids is 1. The molecule has 7 heteroatoms. The van der Waals surface area contributed by atoms with E-state index in [2.05, 4.69) is 4.72 Å². The zero-order valence-corrected chi connectivity index (χ0v) is 11.0. The highest BCUT2D eigenvalue weighted by molar-refractivity contribution is 7.90. The minimum Gasteiger partial charge on any atom is -0.480 e. The molecule has 2 N–H and O–H groups in total. The summed E-state index contributed by atoms with van der Waals surface area (Å²) >= 11 is 0. The lowest BCUT2D eigenvalue weighted by molar-refractivity contribution is -0.139. The zero-order chi connectivity index (χ0) is 13.6. The van der Waals surface area contributed by atoms with E-state index < -0.39 is 27.3 Å². The molecule has 98 valence electrons. The summed E-state index contributed by atoms with van der Waals surface area (Å²) in [6.45, 7) is 5.16. The van der Waals surface area contributed by atoms with Gasteiger partial charge in [-0.25, -0.2) is 8.42 Å². The van der Waals surface area contributed by atoms with Gasteiger partial charge in [0.05, 0.1) is 6.07 Å². The first-order valence-electron chi connectivity index (χ1n) is 5.38. The molecule has 0 amide bonds. The highest BCUT2D eigenvalue weighted by Crippen LogP contribution is 2.09. The quantitative estimate of drug-likeness (QED) is 0.702. The van der Waals surface area contributed by atoms with E-state index in [9.17, 15) is 13.2 Å². The van der Waals surface area contributed by atoms with Crippen molar-refractivity contribution in [3.05, 3.63) is 0 Å². The smallest absolute Gasteiger partial charge is 0.321 e. The van der Waals surface area contributed by atoms with Gasteiger partial charge < -0.3 is 5.11 Å². The second kappa shape index (κ2) is 6.57. The minimum absolute atomic E-state index is 0.0426. The number of nitrogens with zero attached hydrogens (tertiary/aromatic N) is 1. The minimum atomic E-state index is -3.90. The van der Waals surface area contributed by atoms with Crippen molar-refractivity contribution in [2.24, 2.45) is 5.92 Å². The molecule has 0 fully saturated rings. The van der Waals surface area contributed by atoms with Crippen LogP contribution >= 0.6 is 0 Å². The number of hydrogen-bond acceptors (Lipinski definition) is 4. The summed E-state index contributed by atoms with van der Waals surface area (Å²) in [6, 6.07) is 0.468. The first kappa shape index (κ1) is 15.9. The molecule has 0 spiro atoms. The summed E-state index contributed by atoms with van der Waals surface area (Å²) < 4.78 is 25.5. The number of nitriles is 1. The lowest BCUT2D eigenvalue weighted by Crippen LogP contribution is -2.45. The van der Waals surface area contributed by atoms with E-state index in [1.807, 2.05) is 0 Å². The summed E-state index contributed by atoms with van der Waals surface area (Å²) in [5, 5.41) is 16.4. The average Bonchev–Trinajstić information content (AvgIpc) is 2.16. The van der Waals surface area contributed by atoms with Crippen molar-refractivity contribution in [1.82, 2.24) is 4.72 Å². The Morgan fingerprint density at radius 1 is 1.47 bits per heavy atom. The van der Waals surface area contributed by atoms with Gasteiger partial charge in [0.1, 0.15) is 6.04 Å². The summed E-state index contributed by atoms with van der Waals surface area (Å²) in [5.74, 6) is -1.18. The van der Waals surface area contributed by atoms with Crippen molar-refractivity contribution in [2.75, 3.05) is 0 Å². The molecule has 0 rings (SSSR count). The molecule has 1 unspecified atom stereocenters. The van der Waals surface area contributed by atoms with Crippen LogP contribution in [0.15, 0.2) is 0 Å². The summed E-state index contributed by atoms with van der Waals surface area (Å²) in [6.07, 6.45) is 0.316. The molecule has 0 saturated carbocycles. The number of rotatable bonds is 7. The number of carboxylic acid groups (broad SMARTS) is 1. The second-order valence-electron chi connectivity index (χ2n) is 4.21. The number of sulfonamides is 1. The van der Waals surface area contributed by atoms with Crippen LogP contribution in [0.4, 0.5) is 0 Å². The second-order valence-corrected chi connectivity index (χ2v) is 6.10. The Labute approximate surface area is 102 Å². The first-order valence-corrected chi connectivity index (χ1v) is 6.92. The molecule has 0 aliphatic rings. The summed E-state index contributed by atoms with van der Waals surface area (Å²) in [5.41, 5.74) is 0. The van der Waals surface area contributed by atoms with E-state index in [1.165, 1.54) is 0 Å². The van der Waals surface area contributed by atoms with Gasteiger partial charge in [-0.05, 0) is 18.8 Å². The van der Waals surface area contributed by atoms with E-state index in [4.69, 9.17) is 10.4 Å². The van der Waals surface area contributed by atoms with E-state index in [1.54, 1.807) is 26.8 Å². The maximum Gasteiger partial charge on any atom is 0.321 e. The van der Waals surface area contributed by atoms with Crippen molar-refractivity contribution in [1.29, 1.82) is 5.26 Å². The number of nitrogens with one attached hydrogen (secondary N) is 1. The van der Waals surface area contributed by atoms with Crippen LogP contribution in [0.2, 0.25) is 0 Å². The lowest BCUT2D eigenvalue weighted by Gasteiger charge is -2.18. The Kier molecular flexibility index (Phi) is 6.13. The van der Waals surface area contributed by atoms with Gasteiger partial charge in [0, 0.05) is 0 Å². The Morgan fingerprint density at radius 2 is 2.00 bits per heavy atom. The lowest BCUT2D eigenvalue weighted by atomic mass is 10.1. The first-order chi connectivity index (χ1) is 7.74.